The molecule has 1 fully saturated rings. The lowest BCUT2D eigenvalue weighted by Gasteiger charge is -2.35. The molecule has 2 unspecified atom stereocenters. The second-order valence-electron chi connectivity index (χ2n) is 5.68. The first kappa shape index (κ1) is 15.0. The third-order valence-electron chi connectivity index (χ3n) is 3.82. The molecule has 1 heterocycles. The highest BCUT2D eigenvalue weighted by Crippen LogP contribution is 2.26. The van der Waals surface area contributed by atoms with Crippen LogP contribution in [0.3, 0.4) is 0 Å². The van der Waals surface area contributed by atoms with E-state index in [1.165, 1.54) is 5.56 Å². The van der Waals surface area contributed by atoms with Gasteiger partial charge in [-0.2, -0.15) is 0 Å². The zero-order chi connectivity index (χ0) is 13.8. The van der Waals surface area contributed by atoms with Gasteiger partial charge in [-0.1, -0.05) is 28.1 Å². The lowest BCUT2D eigenvalue weighted by molar-refractivity contribution is 0.190. The van der Waals surface area contributed by atoms with Crippen LogP contribution in [-0.4, -0.2) is 56.6 Å². The van der Waals surface area contributed by atoms with Crippen molar-refractivity contribution in [3.63, 3.8) is 0 Å². The molecule has 1 saturated heterocycles. The number of rotatable bonds is 4. The van der Waals surface area contributed by atoms with Crippen molar-refractivity contribution in [2.45, 2.75) is 18.5 Å². The van der Waals surface area contributed by atoms with E-state index in [1.54, 1.807) is 0 Å². The van der Waals surface area contributed by atoms with E-state index in [0.29, 0.717) is 12.1 Å². The second kappa shape index (κ2) is 6.84. The largest absolute Gasteiger partial charge is 0.311 e. The number of likely N-dealkylation sites (N-methyl/N-ethyl adjacent to an activating group) is 1. The summed E-state index contributed by atoms with van der Waals surface area (Å²) < 4.78 is 1.16. The van der Waals surface area contributed by atoms with Gasteiger partial charge in [0.2, 0.25) is 0 Å². The van der Waals surface area contributed by atoms with Crippen molar-refractivity contribution >= 4 is 15.9 Å². The SMILES string of the molecule is CN1CCNC(CC(c2cccc(Br)c2)N(C)C)C1. The Morgan fingerprint density at radius 2 is 2.26 bits per heavy atom. The minimum absolute atomic E-state index is 0.460. The molecule has 0 aliphatic carbocycles. The minimum atomic E-state index is 0.460. The van der Waals surface area contributed by atoms with Crippen LogP contribution in [0.2, 0.25) is 0 Å². The predicted octanol–water partition coefficient (Wildman–Crippen LogP) is 2.35. The van der Waals surface area contributed by atoms with Crippen LogP contribution in [0, 0.1) is 0 Å². The van der Waals surface area contributed by atoms with Crippen molar-refractivity contribution in [2.75, 3.05) is 40.8 Å². The summed E-state index contributed by atoms with van der Waals surface area (Å²) in [6.07, 6.45) is 1.15. The summed E-state index contributed by atoms with van der Waals surface area (Å²) in [6, 6.07) is 9.70. The molecule has 1 N–H and O–H groups in total. The van der Waals surface area contributed by atoms with Crippen molar-refractivity contribution < 1.29 is 0 Å². The van der Waals surface area contributed by atoms with Crippen molar-refractivity contribution in [2.24, 2.45) is 0 Å². The highest BCUT2D eigenvalue weighted by molar-refractivity contribution is 9.10. The van der Waals surface area contributed by atoms with Gasteiger partial charge in [-0.25, -0.2) is 0 Å². The Morgan fingerprint density at radius 1 is 1.47 bits per heavy atom. The second-order valence-corrected chi connectivity index (χ2v) is 6.60. The van der Waals surface area contributed by atoms with E-state index in [9.17, 15) is 0 Å². The number of hydrogen-bond acceptors (Lipinski definition) is 3. The molecule has 1 aliphatic rings. The Hall–Kier alpha value is -0.420. The van der Waals surface area contributed by atoms with Crippen molar-refractivity contribution in [3.05, 3.63) is 34.3 Å². The van der Waals surface area contributed by atoms with E-state index in [0.717, 1.165) is 30.5 Å². The summed E-state index contributed by atoms with van der Waals surface area (Å²) in [6.45, 7) is 3.39. The molecule has 0 bridgehead atoms. The molecule has 2 atom stereocenters. The fourth-order valence-corrected chi connectivity index (χ4v) is 3.19. The molecule has 19 heavy (non-hydrogen) atoms. The molecular formula is C15H24BrN3. The van der Waals surface area contributed by atoms with E-state index in [1.807, 2.05) is 0 Å². The van der Waals surface area contributed by atoms with E-state index in [-0.39, 0.29) is 0 Å². The lowest BCUT2D eigenvalue weighted by Crippen LogP contribution is -2.50. The first-order chi connectivity index (χ1) is 9.06. The maximum absolute atomic E-state index is 3.64. The van der Waals surface area contributed by atoms with Gasteiger partial charge in [-0.3, -0.25) is 0 Å². The minimum Gasteiger partial charge on any atom is -0.311 e. The van der Waals surface area contributed by atoms with Crippen LogP contribution >= 0.6 is 15.9 Å². The maximum Gasteiger partial charge on any atom is 0.0357 e. The third kappa shape index (κ3) is 4.28. The van der Waals surface area contributed by atoms with Crippen LogP contribution in [0.15, 0.2) is 28.7 Å². The van der Waals surface area contributed by atoms with E-state index in [4.69, 9.17) is 0 Å². The third-order valence-corrected chi connectivity index (χ3v) is 4.32. The van der Waals surface area contributed by atoms with Gasteiger partial charge >= 0.3 is 0 Å². The molecule has 106 valence electrons. The van der Waals surface area contributed by atoms with Gasteiger partial charge in [0.25, 0.3) is 0 Å². The number of benzene rings is 1. The first-order valence-corrected chi connectivity index (χ1v) is 7.69. The van der Waals surface area contributed by atoms with Gasteiger partial charge < -0.3 is 15.1 Å². The molecule has 0 amide bonds. The Bertz CT molecular complexity index is 408. The summed E-state index contributed by atoms with van der Waals surface area (Å²) in [5, 5.41) is 3.64. The van der Waals surface area contributed by atoms with E-state index >= 15 is 0 Å². The normalized spacial score (nSPS) is 22.7. The fraction of sp³-hybridized carbons (Fsp3) is 0.600. The average molecular weight is 326 g/mol. The Labute approximate surface area is 125 Å². The summed E-state index contributed by atoms with van der Waals surface area (Å²) in [7, 11) is 6.54. The van der Waals surface area contributed by atoms with Crippen LogP contribution in [0.1, 0.15) is 18.0 Å². The fourth-order valence-electron chi connectivity index (χ4n) is 2.78. The molecule has 0 aromatic heterocycles. The molecule has 0 spiro atoms. The molecule has 4 heteroatoms. The Balaban J connectivity index is 2.08. The van der Waals surface area contributed by atoms with Gasteiger partial charge in [0.05, 0.1) is 0 Å². The van der Waals surface area contributed by atoms with Gasteiger partial charge in [-0.05, 0) is 45.3 Å². The number of nitrogens with zero attached hydrogens (tertiary/aromatic N) is 2. The molecular weight excluding hydrogens is 302 g/mol. The standard InChI is InChI=1S/C15H24BrN3/c1-18(2)15(12-5-4-6-13(16)9-12)10-14-11-19(3)8-7-17-14/h4-6,9,14-15,17H,7-8,10-11H2,1-3H3. The highest BCUT2D eigenvalue weighted by Gasteiger charge is 2.23. The number of hydrogen-bond donors (Lipinski definition) is 1. The van der Waals surface area contributed by atoms with Gasteiger partial charge in [-0.15, -0.1) is 0 Å². The topological polar surface area (TPSA) is 18.5 Å². The van der Waals surface area contributed by atoms with Gasteiger partial charge in [0.15, 0.2) is 0 Å². The van der Waals surface area contributed by atoms with Crippen molar-refractivity contribution in [3.8, 4) is 0 Å². The summed E-state index contributed by atoms with van der Waals surface area (Å²) in [5.41, 5.74) is 1.38. The Morgan fingerprint density at radius 3 is 2.89 bits per heavy atom. The Kier molecular flexibility index (Phi) is 5.39. The number of halogens is 1. The summed E-state index contributed by atoms with van der Waals surface area (Å²) in [5.74, 6) is 0. The molecule has 1 aromatic carbocycles. The molecule has 1 aromatic rings. The van der Waals surface area contributed by atoms with Crippen molar-refractivity contribution in [1.29, 1.82) is 0 Å². The smallest absolute Gasteiger partial charge is 0.0357 e. The van der Waals surface area contributed by atoms with Crippen LogP contribution in [-0.2, 0) is 0 Å². The van der Waals surface area contributed by atoms with Crippen LogP contribution in [0.25, 0.3) is 0 Å². The summed E-state index contributed by atoms with van der Waals surface area (Å²) in [4.78, 5) is 4.73. The molecule has 2 rings (SSSR count). The monoisotopic (exact) mass is 325 g/mol. The zero-order valence-corrected chi connectivity index (χ0v) is 13.7. The van der Waals surface area contributed by atoms with E-state index < -0.39 is 0 Å². The van der Waals surface area contributed by atoms with Crippen LogP contribution in [0.5, 0.6) is 0 Å². The maximum atomic E-state index is 3.64. The highest BCUT2D eigenvalue weighted by atomic mass is 79.9. The summed E-state index contributed by atoms with van der Waals surface area (Å²) >= 11 is 3.57. The van der Waals surface area contributed by atoms with Crippen LogP contribution < -0.4 is 5.32 Å². The zero-order valence-electron chi connectivity index (χ0n) is 12.1. The van der Waals surface area contributed by atoms with Gasteiger partial charge in [0, 0.05) is 36.2 Å². The first-order valence-electron chi connectivity index (χ1n) is 6.90. The average Bonchev–Trinajstić information content (AvgIpc) is 2.35. The van der Waals surface area contributed by atoms with E-state index in [2.05, 4.69) is 76.5 Å². The molecule has 1 aliphatic heterocycles. The predicted molar refractivity (Wildman–Crippen MR) is 84.5 cm³/mol. The lowest BCUT2D eigenvalue weighted by atomic mass is 9.97. The number of piperazine rings is 1. The van der Waals surface area contributed by atoms with Crippen LogP contribution in [0.4, 0.5) is 0 Å². The van der Waals surface area contributed by atoms with Gasteiger partial charge in [0.1, 0.15) is 0 Å². The molecule has 0 saturated carbocycles. The number of nitrogens with one attached hydrogen (secondary N) is 1. The quantitative estimate of drug-likeness (QED) is 0.916. The molecule has 0 radical (unpaired) electrons. The molecule has 3 nitrogen and oxygen atoms in total. The van der Waals surface area contributed by atoms with Crippen molar-refractivity contribution in [1.82, 2.24) is 15.1 Å².